The number of hydrogen-bond donors (Lipinski definition) is 2. The molecule has 0 atom stereocenters. The fourth-order valence-corrected chi connectivity index (χ4v) is 2.60. The van der Waals surface area contributed by atoms with Crippen LogP contribution in [0, 0.1) is 0 Å². The van der Waals surface area contributed by atoms with Crippen LogP contribution in [-0.4, -0.2) is 17.5 Å². The maximum Gasteiger partial charge on any atom is 0.251 e. The number of pyridine rings is 1. The molecular formula is C21H20ClN3O2. The molecule has 138 valence electrons. The summed E-state index contributed by atoms with van der Waals surface area (Å²) < 4.78 is 5.43. The van der Waals surface area contributed by atoms with E-state index in [0.717, 1.165) is 17.0 Å². The van der Waals surface area contributed by atoms with Gasteiger partial charge in [-0.2, -0.15) is 0 Å². The number of rotatable bonds is 7. The van der Waals surface area contributed by atoms with Crippen molar-refractivity contribution in [2.75, 3.05) is 11.9 Å². The number of benzene rings is 2. The summed E-state index contributed by atoms with van der Waals surface area (Å²) in [5.41, 5.74) is 2.38. The molecule has 0 spiro atoms. The third kappa shape index (κ3) is 5.46. The Morgan fingerprint density at radius 2 is 1.81 bits per heavy atom. The summed E-state index contributed by atoms with van der Waals surface area (Å²) in [7, 11) is 0. The van der Waals surface area contributed by atoms with Crippen LogP contribution >= 0.6 is 11.6 Å². The molecule has 0 aliphatic heterocycles. The lowest BCUT2D eigenvalue weighted by atomic mass is 10.2. The van der Waals surface area contributed by atoms with Gasteiger partial charge in [-0.15, -0.1) is 0 Å². The number of ether oxygens (including phenoxy) is 1. The number of anilines is 2. The molecule has 0 bridgehead atoms. The SMILES string of the molecule is CCOc1ccc(Nc2cc(C(=O)NCc3ccc(Cl)cc3)ccn2)cc1. The van der Waals surface area contributed by atoms with Crippen LogP contribution in [0.15, 0.2) is 66.9 Å². The number of carbonyl (C=O) groups is 1. The molecule has 3 aromatic rings. The highest BCUT2D eigenvalue weighted by molar-refractivity contribution is 6.30. The number of aromatic nitrogens is 1. The second-order valence-electron chi connectivity index (χ2n) is 5.82. The molecule has 2 aromatic carbocycles. The fourth-order valence-electron chi connectivity index (χ4n) is 2.48. The van der Waals surface area contributed by atoms with E-state index < -0.39 is 0 Å². The first-order valence-corrected chi connectivity index (χ1v) is 9.00. The lowest BCUT2D eigenvalue weighted by molar-refractivity contribution is 0.0951. The molecule has 0 aliphatic carbocycles. The zero-order valence-electron chi connectivity index (χ0n) is 14.9. The third-order valence-corrected chi connectivity index (χ3v) is 4.08. The van der Waals surface area contributed by atoms with E-state index >= 15 is 0 Å². The predicted octanol–water partition coefficient (Wildman–Crippen LogP) is 4.81. The zero-order chi connectivity index (χ0) is 19.1. The molecule has 2 N–H and O–H groups in total. The topological polar surface area (TPSA) is 63.2 Å². The first kappa shape index (κ1) is 18.7. The number of nitrogens with zero attached hydrogens (tertiary/aromatic N) is 1. The standard InChI is InChI=1S/C21H20ClN3O2/c1-2-27-19-9-7-18(8-10-19)25-20-13-16(11-12-23-20)21(26)24-14-15-3-5-17(22)6-4-15/h3-13H,2,14H2,1H3,(H,23,25)(H,24,26). The van der Waals surface area contributed by atoms with Gasteiger partial charge < -0.3 is 15.4 Å². The van der Waals surface area contributed by atoms with E-state index in [2.05, 4.69) is 15.6 Å². The van der Waals surface area contributed by atoms with E-state index in [9.17, 15) is 4.79 Å². The molecule has 0 unspecified atom stereocenters. The van der Waals surface area contributed by atoms with Crippen LogP contribution in [0.25, 0.3) is 0 Å². The molecule has 0 saturated heterocycles. The van der Waals surface area contributed by atoms with Crippen molar-refractivity contribution in [2.24, 2.45) is 0 Å². The highest BCUT2D eigenvalue weighted by atomic mass is 35.5. The number of nitrogens with one attached hydrogen (secondary N) is 2. The summed E-state index contributed by atoms with van der Waals surface area (Å²) in [4.78, 5) is 16.7. The van der Waals surface area contributed by atoms with Crippen LogP contribution in [0.1, 0.15) is 22.8 Å². The molecule has 0 fully saturated rings. The molecule has 27 heavy (non-hydrogen) atoms. The van der Waals surface area contributed by atoms with E-state index in [0.29, 0.717) is 29.6 Å². The van der Waals surface area contributed by atoms with Gasteiger partial charge in [-0.3, -0.25) is 4.79 Å². The summed E-state index contributed by atoms with van der Waals surface area (Å²) >= 11 is 5.87. The van der Waals surface area contributed by atoms with E-state index in [4.69, 9.17) is 16.3 Å². The molecule has 3 rings (SSSR count). The van der Waals surface area contributed by atoms with Crippen molar-refractivity contribution in [3.8, 4) is 5.75 Å². The van der Waals surface area contributed by atoms with Crippen LogP contribution < -0.4 is 15.4 Å². The van der Waals surface area contributed by atoms with Gasteiger partial charge in [0, 0.05) is 29.0 Å². The Hall–Kier alpha value is -3.05. The van der Waals surface area contributed by atoms with E-state index in [1.165, 1.54) is 0 Å². The van der Waals surface area contributed by atoms with E-state index in [1.807, 2.05) is 43.3 Å². The van der Waals surface area contributed by atoms with Crippen molar-refractivity contribution in [3.63, 3.8) is 0 Å². The maximum atomic E-state index is 12.4. The molecule has 0 radical (unpaired) electrons. The minimum Gasteiger partial charge on any atom is -0.494 e. The highest BCUT2D eigenvalue weighted by Crippen LogP contribution is 2.19. The Kier molecular flexibility index (Phi) is 6.28. The second kappa shape index (κ2) is 9.05. The molecule has 0 aliphatic rings. The van der Waals surface area contributed by atoms with Gasteiger partial charge in [0.25, 0.3) is 5.91 Å². The van der Waals surface area contributed by atoms with Crippen LogP contribution in [0.5, 0.6) is 5.75 Å². The number of hydrogen-bond acceptors (Lipinski definition) is 4. The summed E-state index contributed by atoms with van der Waals surface area (Å²) in [6.45, 7) is 3.00. The van der Waals surface area contributed by atoms with Crippen LogP contribution in [0.4, 0.5) is 11.5 Å². The van der Waals surface area contributed by atoms with Gasteiger partial charge in [0.2, 0.25) is 0 Å². The van der Waals surface area contributed by atoms with Crippen molar-refractivity contribution in [3.05, 3.63) is 83.0 Å². The van der Waals surface area contributed by atoms with Gasteiger partial charge >= 0.3 is 0 Å². The summed E-state index contributed by atoms with van der Waals surface area (Å²) in [5, 5.41) is 6.75. The maximum absolute atomic E-state index is 12.4. The minimum atomic E-state index is -0.165. The monoisotopic (exact) mass is 381 g/mol. The second-order valence-corrected chi connectivity index (χ2v) is 6.26. The molecule has 1 aromatic heterocycles. The van der Waals surface area contributed by atoms with Crippen LogP contribution in [-0.2, 0) is 6.54 Å². The fraction of sp³-hybridized carbons (Fsp3) is 0.143. The lowest BCUT2D eigenvalue weighted by Gasteiger charge is -2.09. The highest BCUT2D eigenvalue weighted by Gasteiger charge is 2.07. The van der Waals surface area contributed by atoms with E-state index in [1.54, 1.807) is 30.5 Å². The van der Waals surface area contributed by atoms with Gasteiger partial charge in [0.15, 0.2) is 0 Å². The van der Waals surface area contributed by atoms with Crippen molar-refractivity contribution in [1.29, 1.82) is 0 Å². The Balaban J connectivity index is 1.62. The van der Waals surface area contributed by atoms with Gasteiger partial charge in [-0.25, -0.2) is 4.98 Å². The molecule has 5 nitrogen and oxygen atoms in total. The van der Waals surface area contributed by atoms with Gasteiger partial charge in [-0.1, -0.05) is 23.7 Å². The smallest absolute Gasteiger partial charge is 0.251 e. The van der Waals surface area contributed by atoms with Crippen molar-refractivity contribution in [1.82, 2.24) is 10.3 Å². The summed E-state index contributed by atoms with van der Waals surface area (Å²) in [6.07, 6.45) is 1.61. The average molecular weight is 382 g/mol. The largest absolute Gasteiger partial charge is 0.494 e. The van der Waals surface area contributed by atoms with Crippen molar-refractivity contribution < 1.29 is 9.53 Å². The third-order valence-electron chi connectivity index (χ3n) is 3.83. The van der Waals surface area contributed by atoms with Gasteiger partial charge in [0.1, 0.15) is 11.6 Å². The number of carbonyl (C=O) groups excluding carboxylic acids is 1. The normalized spacial score (nSPS) is 10.3. The molecular weight excluding hydrogens is 362 g/mol. The number of amides is 1. The van der Waals surface area contributed by atoms with Gasteiger partial charge in [0.05, 0.1) is 6.61 Å². The molecule has 0 saturated carbocycles. The van der Waals surface area contributed by atoms with E-state index in [-0.39, 0.29) is 5.91 Å². The Labute approximate surface area is 163 Å². The quantitative estimate of drug-likeness (QED) is 0.616. The summed E-state index contributed by atoms with van der Waals surface area (Å²) in [5.74, 6) is 1.24. The Bertz CT molecular complexity index is 896. The Morgan fingerprint density at radius 3 is 2.52 bits per heavy atom. The number of halogens is 1. The van der Waals surface area contributed by atoms with Gasteiger partial charge in [-0.05, 0) is 61.0 Å². The first-order chi connectivity index (χ1) is 13.1. The first-order valence-electron chi connectivity index (χ1n) is 8.62. The molecule has 1 heterocycles. The zero-order valence-corrected chi connectivity index (χ0v) is 15.7. The van der Waals surface area contributed by atoms with Crippen LogP contribution in [0.3, 0.4) is 0 Å². The molecule has 6 heteroatoms. The van der Waals surface area contributed by atoms with Crippen molar-refractivity contribution >= 4 is 29.0 Å². The minimum absolute atomic E-state index is 0.165. The molecule has 1 amide bonds. The average Bonchev–Trinajstić information content (AvgIpc) is 2.69. The summed E-state index contributed by atoms with van der Waals surface area (Å²) in [6, 6.07) is 18.3. The predicted molar refractivity (Wildman–Crippen MR) is 108 cm³/mol. The van der Waals surface area contributed by atoms with Crippen molar-refractivity contribution in [2.45, 2.75) is 13.5 Å². The Morgan fingerprint density at radius 1 is 1.07 bits per heavy atom. The lowest BCUT2D eigenvalue weighted by Crippen LogP contribution is -2.22. The van der Waals surface area contributed by atoms with Crippen LogP contribution in [0.2, 0.25) is 5.02 Å².